The van der Waals surface area contributed by atoms with E-state index in [0.29, 0.717) is 31.2 Å². The van der Waals surface area contributed by atoms with Crippen LogP contribution in [0.25, 0.3) is 11.1 Å². The number of piperidine rings is 1. The van der Waals surface area contributed by atoms with Crippen molar-refractivity contribution in [3.63, 3.8) is 0 Å². The van der Waals surface area contributed by atoms with Crippen molar-refractivity contribution >= 4 is 11.1 Å². The van der Waals surface area contributed by atoms with E-state index in [1.54, 1.807) is 10.6 Å². The molecule has 144 valence electrons. The zero-order valence-corrected chi connectivity index (χ0v) is 15.8. The monoisotopic (exact) mass is 371 g/mol. The fourth-order valence-electron chi connectivity index (χ4n) is 3.60. The maximum absolute atomic E-state index is 12.4. The second-order valence-corrected chi connectivity index (χ2v) is 6.98. The van der Waals surface area contributed by atoms with Gasteiger partial charge in [0.15, 0.2) is 11.4 Å². The van der Waals surface area contributed by atoms with Gasteiger partial charge in [-0.1, -0.05) is 12.1 Å². The predicted molar refractivity (Wildman–Crippen MR) is 101 cm³/mol. The van der Waals surface area contributed by atoms with Gasteiger partial charge in [0, 0.05) is 6.61 Å². The number of fused-ring (bicyclic) bond motifs is 1. The molecule has 0 aliphatic carbocycles. The first-order valence-electron chi connectivity index (χ1n) is 9.44. The molecule has 3 heterocycles. The highest BCUT2D eigenvalue weighted by Gasteiger charge is 2.24. The van der Waals surface area contributed by atoms with Gasteiger partial charge in [-0.2, -0.15) is 5.10 Å². The summed E-state index contributed by atoms with van der Waals surface area (Å²) in [5.74, 6) is 1.06. The first kappa shape index (κ1) is 17.9. The molecule has 1 aliphatic heterocycles. The van der Waals surface area contributed by atoms with Crippen molar-refractivity contribution in [3.8, 4) is 0 Å². The Bertz CT molecular complexity index is 965. The maximum atomic E-state index is 12.4. The summed E-state index contributed by atoms with van der Waals surface area (Å²) >= 11 is 0. The highest BCUT2D eigenvalue weighted by Crippen LogP contribution is 2.23. The largest absolute Gasteiger partial charge is 0.420 e. The van der Waals surface area contributed by atoms with E-state index in [9.17, 15) is 4.79 Å². The number of ether oxygens (including phenoxy) is 1. The van der Waals surface area contributed by atoms with E-state index in [1.807, 2.05) is 29.8 Å². The van der Waals surface area contributed by atoms with Crippen LogP contribution in [-0.4, -0.2) is 51.0 Å². The third-order valence-electron chi connectivity index (χ3n) is 5.09. The molecule has 4 rings (SSSR count). The third-order valence-corrected chi connectivity index (χ3v) is 5.09. The Morgan fingerprint density at radius 3 is 2.81 bits per heavy atom. The van der Waals surface area contributed by atoms with E-state index >= 15 is 0 Å². The molecule has 0 N–H and O–H groups in total. The molecule has 1 aliphatic rings. The molecule has 2 aromatic heterocycles. The Kier molecular flexibility index (Phi) is 5.09. The molecule has 8 heteroatoms. The molecule has 0 radical (unpaired) electrons. The van der Waals surface area contributed by atoms with E-state index in [0.717, 1.165) is 37.3 Å². The molecule has 0 bridgehead atoms. The van der Waals surface area contributed by atoms with Crippen LogP contribution in [-0.2, 0) is 17.9 Å². The second kappa shape index (κ2) is 7.66. The number of aromatic nitrogens is 4. The minimum absolute atomic E-state index is 0.285. The van der Waals surface area contributed by atoms with Crippen LogP contribution in [0.5, 0.6) is 0 Å². The van der Waals surface area contributed by atoms with E-state index in [-0.39, 0.29) is 11.8 Å². The van der Waals surface area contributed by atoms with Crippen molar-refractivity contribution in [1.29, 1.82) is 0 Å². The van der Waals surface area contributed by atoms with Crippen LogP contribution < -0.4 is 5.76 Å². The van der Waals surface area contributed by atoms with Gasteiger partial charge < -0.3 is 14.1 Å². The number of hydrogen-bond acceptors (Lipinski definition) is 6. The fraction of sp³-hybridized carbons (Fsp3) is 0.526. The summed E-state index contributed by atoms with van der Waals surface area (Å²) in [4.78, 5) is 19.4. The topological polar surface area (TPSA) is 78.3 Å². The Labute approximate surface area is 157 Å². The van der Waals surface area contributed by atoms with Crippen molar-refractivity contribution in [3.05, 3.63) is 46.5 Å². The summed E-state index contributed by atoms with van der Waals surface area (Å²) in [7, 11) is 2.14. The van der Waals surface area contributed by atoms with Gasteiger partial charge >= 0.3 is 5.76 Å². The van der Waals surface area contributed by atoms with Gasteiger partial charge in [0.2, 0.25) is 0 Å². The zero-order valence-electron chi connectivity index (χ0n) is 15.8. The lowest BCUT2D eigenvalue weighted by Crippen LogP contribution is -2.33. The Balaban J connectivity index is 1.68. The number of oxazole rings is 1. The summed E-state index contributed by atoms with van der Waals surface area (Å²) in [6.07, 6.45) is 2.03. The van der Waals surface area contributed by atoms with E-state index < -0.39 is 0 Å². The summed E-state index contributed by atoms with van der Waals surface area (Å²) < 4.78 is 14.5. The van der Waals surface area contributed by atoms with Crippen molar-refractivity contribution in [2.24, 2.45) is 0 Å². The SMILES string of the molecule is CCOCc1nc(Cn2c(=O)oc3ccccc32)n(C2CCN(C)CC2)n1. The summed E-state index contributed by atoms with van der Waals surface area (Å²) in [6, 6.07) is 7.73. The maximum Gasteiger partial charge on any atom is 0.420 e. The number of hydrogen-bond donors (Lipinski definition) is 0. The van der Waals surface area contributed by atoms with Crippen LogP contribution in [0.15, 0.2) is 33.5 Å². The molecule has 0 spiro atoms. The first-order chi connectivity index (χ1) is 13.2. The van der Waals surface area contributed by atoms with Gasteiger partial charge in [-0.15, -0.1) is 0 Å². The molecule has 0 amide bonds. The minimum atomic E-state index is -0.375. The lowest BCUT2D eigenvalue weighted by molar-refractivity contribution is 0.127. The van der Waals surface area contributed by atoms with Gasteiger partial charge in [-0.05, 0) is 52.0 Å². The molecule has 0 atom stereocenters. The molecule has 0 saturated carbocycles. The highest BCUT2D eigenvalue weighted by atomic mass is 16.5. The van der Waals surface area contributed by atoms with Crippen molar-refractivity contribution in [2.75, 3.05) is 26.7 Å². The Morgan fingerprint density at radius 1 is 1.26 bits per heavy atom. The number of benzene rings is 1. The molecular weight excluding hydrogens is 346 g/mol. The van der Waals surface area contributed by atoms with Crippen LogP contribution in [0.2, 0.25) is 0 Å². The van der Waals surface area contributed by atoms with Crippen LogP contribution >= 0.6 is 0 Å². The quantitative estimate of drug-likeness (QED) is 0.660. The fourth-order valence-corrected chi connectivity index (χ4v) is 3.60. The Hall–Kier alpha value is -2.45. The lowest BCUT2D eigenvalue weighted by Gasteiger charge is -2.29. The van der Waals surface area contributed by atoms with E-state index in [1.165, 1.54) is 0 Å². The minimum Gasteiger partial charge on any atom is -0.408 e. The van der Waals surface area contributed by atoms with E-state index in [4.69, 9.17) is 14.3 Å². The van der Waals surface area contributed by atoms with Crippen LogP contribution in [0.4, 0.5) is 0 Å². The zero-order chi connectivity index (χ0) is 18.8. The van der Waals surface area contributed by atoms with Crippen LogP contribution in [0.1, 0.15) is 37.5 Å². The van der Waals surface area contributed by atoms with Crippen LogP contribution in [0, 0.1) is 0 Å². The third kappa shape index (κ3) is 3.68. The van der Waals surface area contributed by atoms with Crippen molar-refractivity contribution in [2.45, 2.75) is 39.0 Å². The summed E-state index contributed by atoms with van der Waals surface area (Å²) in [5.41, 5.74) is 1.36. The molecule has 8 nitrogen and oxygen atoms in total. The van der Waals surface area contributed by atoms with Gasteiger partial charge in [0.1, 0.15) is 12.4 Å². The van der Waals surface area contributed by atoms with Crippen molar-refractivity contribution < 1.29 is 9.15 Å². The van der Waals surface area contributed by atoms with Gasteiger partial charge in [0.05, 0.1) is 18.1 Å². The smallest absolute Gasteiger partial charge is 0.408 e. The number of likely N-dealkylation sites (tertiary alicyclic amines) is 1. The second-order valence-electron chi connectivity index (χ2n) is 6.98. The van der Waals surface area contributed by atoms with Crippen molar-refractivity contribution in [1.82, 2.24) is 24.2 Å². The van der Waals surface area contributed by atoms with Gasteiger partial charge in [-0.3, -0.25) is 4.57 Å². The molecule has 1 fully saturated rings. The molecule has 27 heavy (non-hydrogen) atoms. The average Bonchev–Trinajstić information content (AvgIpc) is 3.22. The Morgan fingerprint density at radius 2 is 2.04 bits per heavy atom. The van der Waals surface area contributed by atoms with Gasteiger partial charge in [-0.25, -0.2) is 14.5 Å². The predicted octanol–water partition coefficient (Wildman–Crippen LogP) is 2.04. The van der Waals surface area contributed by atoms with Crippen LogP contribution in [0.3, 0.4) is 0 Å². The lowest BCUT2D eigenvalue weighted by atomic mass is 10.1. The number of nitrogens with zero attached hydrogens (tertiary/aromatic N) is 5. The summed E-state index contributed by atoms with van der Waals surface area (Å²) in [5, 5.41) is 4.70. The molecule has 3 aromatic rings. The molecule has 0 unspecified atom stereocenters. The molecule has 1 saturated heterocycles. The standard InChI is InChI=1S/C19H25N5O3/c1-3-26-13-17-20-18(24(21-17)14-8-10-22(2)11-9-14)12-23-15-6-4-5-7-16(15)27-19(23)25/h4-7,14H,3,8-13H2,1-2H3. The van der Waals surface area contributed by atoms with E-state index in [2.05, 4.69) is 16.9 Å². The molecule has 1 aromatic carbocycles. The number of rotatable bonds is 6. The first-order valence-corrected chi connectivity index (χ1v) is 9.44. The molecular formula is C19H25N5O3. The average molecular weight is 371 g/mol. The van der Waals surface area contributed by atoms with Gasteiger partial charge in [0.25, 0.3) is 0 Å². The number of para-hydroxylation sites is 2. The summed E-state index contributed by atoms with van der Waals surface area (Å²) in [6.45, 7) is 5.33. The highest BCUT2D eigenvalue weighted by molar-refractivity contribution is 5.72. The normalized spacial score (nSPS) is 16.4.